The van der Waals surface area contributed by atoms with Crippen LogP contribution < -0.4 is 5.73 Å². The molecule has 0 atom stereocenters. The first-order valence-electron chi connectivity index (χ1n) is 5.19. The van der Waals surface area contributed by atoms with Crippen molar-refractivity contribution in [3.8, 4) is 0 Å². The van der Waals surface area contributed by atoms with Gasteiger partial charge in [-0.05, 0) is 32.9 Å². The highest BCUT2D eigenvalue weighted by molar-refractivity contribution is 4.73. The number of nitrogens with zero attached hydrogens (tertiary/aromatic N) is 1. The lowest BCUT2D eigenvalue weighted by Gasteiger charge is -2.30. The minimum Gasteiger partial charge on any atom is -0.303 e. The Morgan fingerprint density at radius 1 is 1.25 bits per heavy atom. The standard InChI is InChI=1S/C10H21N2/c1-12(9-5-8-11)10-6-3-2-4-7-10/h10-11H,2-9H2,1H3. The number of hydrogen-bond donors (Lipinski definition) is 0. The first-order valence-corrected chi connectivity index (χ1v) is 5.19. The van der Waals surface area contributed by atoms with E-state index in [2.05, 4.69) is 11.9 Å². The van der Waals surface area contributed by atoms with Crippen LogP contribution in [0.2, 0.25) is 0 Å². The molecule has 0 aliphatic heterocycles. The van der Waals surface area contributed by atoms with Crippen LogP contribution in [-0.2, 0) is 0 Å². The first kappa shape index (κ1) is 10.0. The van der Waals surface area contributed by atoms with E-state index < -0.39 is 0 Å². The third-order valence-electron chi connectivity index (χ3n) is 2.89. The molecule has 71 valence electrons. The Morgan fingerprint density at radius 2 is 1.92 bits per heavy atom. The lowest BCUT2D eigenvalue weighted by Crippen LogP contribution is -2.34. The predicted octanol–water partition coefficient (Wildman–Crippen LogP) is 1.92. The van der Waals surface area contributed by atoms with Crippen molar-refractivity contribution in [2.75, 3.05) is 20.1 Å². The molecule has 0 aromatic heterocycles. The minimum atomic E-state index is 0.580. The van der Waals surface area contributed by atoms with Gasteiger partial charge in [-0.25, -0.2) is 0 Å². The summed E-state index contributed by atoms with van der Waals surface area (Å²) in [6, 6.07) is 0.824. The summed E-state index contributed by atoms with van der Waals surface area (Å²) in [5.41, 5.74) is 7.08. The molecule has 2 nitrogen and oxygen atoms in total. The second kappa shape index (κ2) is 5.55. The van der Waals surface area contributed by atoms with Crippen molar-refractivity contribution in [1.82, 2.24) is 10.6 Å². The zero-order chi connectivity index (χ0) is 8.81. The summed E-state index contributed by atoms with van der Waals surface area (Å²) in [7, 11) is 2.21. The van der Waals surface area contributed by atoms with E-state index in [1.165, 1.54) is 32.1 Å². The number of hydrogen-bond acceptors (Lipinski definition) is 1. The molecule has 1 aliphatic carbocycles. The van der Waals surface area contributed by atoms with Crippen LogP contribution in [0.25, 0.3) is 0 Å². The van der Waals surface area contributed by atoms with Crippen LogP contribution in [0.1, 0.15) is 38.5 Å². The Labute approximate surface area is 76.1 Å². The highest BCUT2D eigenvalue weighted by atomic mass is 15.1. The maximum absolute atomic E-state index is 7.08. The zero-order valence-electron chi connectivity index (χ0n) is 8.18. The van der Waals surface area contributed by atoms with Crippen LogP contribution in [0, 0.1) is 0 Å². The SMILES string of the molecule is CN(CCC[NH])C1CCCCC1. The minimum absolute atomic E-state index is 0.580. The zero-order valence-corrected chi connectivity index (χ0v) is 8.18. The van der Waals surface area contributed by atoms with E-state index in [-0.39, 0.29) is 0 Å². The molecule has 1 saturated carbocycles. The average Bonchev–Trinajstić information content (AvgIpc) is 2.15. The fourth-order valence-electron chi connectivity index (χ4n) is 2.03. The number of nitrogens with one attached hydrogen (secondary N) is 1. The molecule has 0 spiro atoms. The van der Waals surface area contributed by atoms with Gasteiger partial charge in [-0.2, -0.15) is 0 Å². The van der Waals surface area contributed by atoms with Gasteiger partial charge in [-0.3, -0.25) is 5.73 Å². The Morgan fingerprint density at radius 3 is 2.50 bits per heavy atom. The molecular weight excluding hydrogens is 148 g/mol. The maximum Gasteiger partial charge on any atom is 0.0112 e. The van der Waals surface area contributed by atoms with Gasteiger partial charge < -0.3 is 4.90 Å². The summed E-state index contributed by atoms with van der Waals surface area (Å²) < 4.78 is 0. The monoisotopic (exact) mass is 169 g/mol. The summed E-state index contributed by atoms with van der Waals surface area (Å²) in [6.07, 6.45) is 8.06. The largest absolute Gasteiger partial charge is 0.303 e. The van der Waals surface area contributed by atoms with Crippen LogP contribution in [0.3, 0.4) is 0 Å². The van der Waals surface area contributed by atoms with Gasteiger partial charge in [0.15, 0.2) is 0 Å². The lowest BCUT2D eigenvalue weighted by atomic mass is 9.94. The van der Waals surface area contributed by atoms with Gasteiger partial charge in [0.05, 0.1) is 0 Å². The van der Waals surface area contributed by atoms with E-state index in [4.69, 9.17) is 5.73 Å². The van der Waals surface area contributed by atoms with Crippen molar-refractivity contribution in [2.45, 2.75) is 44.6 Å². The number of rotatable bonds is 4. The van der Waals surface area contributed by atoms with Crippen LogP contribution in [0.4, 0.5) is 0 Å². The van der Waals surface area contributed by atoms with Crippen molar-refractivity contribution in [3.05, 3.63) is 0 Å². The van der Waals surface area contributed by atoms with Gasteiger partial charge >= 0.3 is 0 Å². The van der Waals surface area contributed by atoms with E-state index in [1.54, 1.807) is 0 Å². The highest BCUT2D eigenvalue weighted by Gasteiger charge is 2.16. The molecule has 0 bridgehead atoms. The van der Waals surface area contributed by atoms with Gasteiger partial charge in [-0.1, -0.05) is 19.3 Å². The van der Waals surface area contributed by atoms with Gasteiger partial charge in [0.25, 0.3) is 0 Å². The Kier molecular flexibility index (Phi) is 4.62. The van der Waals surface area contributed by atoms with E-state index in [0.717, 1.165) is 19.0 Å². The smallest absolute Gasteiger partial charge is 0.0112 e. The molecular formula is C10H21N2. The summed E-state index contributed by atoms with van der Waals surface area (Å²) >= 11 is 0. The molecule has 1 aliphatic rings. The first-order chi connectivity index (χ1) is 5.84. The van der Waals surface area contributed by atoms with E-state index in [1.807, 2.05) is 0 Å². The second-order valence-corrected chi connectivity index (χ2v) is 3.88. The van der Waals surface area contributed by atoms with Crippen LogP contribution in [0.15, 0.2) is 0 Å². The summed E-state index contributed by atoms with van der Waals surface area (Å²) in [6.45, 7) is 1.70. The summed E-state index contributed by atoms with van der Waals surface area (Å²) in [5, 5.41) is 0. The van der Waals surface area contributed by atoms with Gasteiger partial charge in [0, 0.05) is 12.6 Å². The van der Waals surface area contributed by atoms with Crippen molar-refractivity contribution in [1.29, 1.82) is 0 Å². The molecule has 1 N–H and O–H groups in total. The molecule has 2 heteroatoms. The van der Waals surface area contributed by atoms with E-state index in [9.17, 15) is 0 Å². The quantitative estimate of drug-likeness (QED) is 0.631. The van der Waals surface area contributed by atoms with Crippen LogP contribution >= 0.6 is 0 Å². The van der Waals surface area contributed by atoms with E-state index in [0.29, 0.717) is 6.54 Å². The van der Waals surface area contributed by atoms with Gasteiger partial charge in [0.1, 0.15) is 0 Å². The molecule has 1 rings (SSSR count). The molecule has 1 fully saturated rings. The second-order valence-electron chi connectivity index (χ2n) is 3.88. The lowest BCUT2D eigenvalue weighted by molar-refractivity contribution is 0.191. The van der Waals surface area contributed by atoms with Crippen LogP contribution in [-0.4, -0.2) is 31.1 Å². The van der Waals surface area contributed by atoms with Crippen molar-refractivity contribution >= 4 is 0 Å². The molecule has 0 aromatic carbocycles. The Balaban J connectivity index is 2.15. The molecule has 0 amide bonds. The molecule has 1 radical (unpaired) electrons. The van der Waals surface area contributed by atoms with Crippen molar-refractivity contribution in [2.24, 2.45) is 0 Å². The maximum atomic E-state index is 7.08. The van der Waals surface area contributed by atoms with E-state index >= 15 is 0 Å². The predicted molar refractivity (Wildman–Crippen MR) is 52.1 cm³/mol. The molecule has 0 saturated heterocycles. The third-order valence-corrected chi connectivity index (χ3v) is 2.89. The molecule has 12 heavy (non-hydrogen) atoms. The summed E-state index contributed by atoms with van der Waals surface area (Å²) in [4.78, 5) is 2.45. The van der Waals surface area contributed by atoms with Crippen molar-refractivity contribution < 1.29 is 0 Å². The Hall–Kier alpha value is -0.0800. The fraction of sp³-hybridized carbons (Fsp3) is 1.00. The summed E-state index contributed by atoms with van der Waals surface area (Å²) in [5.74, 6) is 0. The van der Waals surface area contributed by atoms with Crippen molar-refractivity contribution in [3.63, 3.8) is 0 Å². The normalized spacial score (nSPS) is 20.2. The average molecular weight is 169 g/mol. The Bertz CT molecular complexity index is 108. The molecule has 0 unspecified atom stereocenters. The van der Waals surface area contributed by atoms with Gasteiger partial charge in [-0.15, -0.1) is 0 Å². The third kappa shape index (κ3) is 3.11. The molecule has 0 heterocycles. The highest BCUT2D eigenvalue weighted by Crippen LogP contribution is 2.21. The fourth-order valence-corrected chi connectivity index (χ4v) is 2.03. The topological polar surface area (TPSA) is 27.0 Å². The van der Waals surface area contributed by atoms with Gasteiger partial charge in [0.2, 0.25) is 0 Å². The molecule has 0 aromatic rings. The van der Waals surface area contributed by atoms with Crippen LogP contribution in [0.5, 0.6) is 0 Å².